The highest BCUT2D eigenvalue weighted by Gasteiger charge is 2.03. The van der Waals surface area contributed by atoms with E-state index in [1.165, 1.54) is 5.56 Å². The van der Waals surface area contributed by atoms with Crippen LogP contribution in [0.25, 0.3) is 0 Å². The van der Waals surface area contributed by atoms with Crippen LogP contribution in [0.1, 0.15) is 16.7 Å². The lowest BCUT2D eigenvalue weighted by atomic mass is 10.2. The molecule has 0 aliphatic heterocycles. The number of hydrogen-bond acceptors (Lipinski definition) is 4. The van der Waals surface area contributed by atoms with E-state index in [2.05, 4.69) is 41.3 Å². The van der Waals surface area contributed by atoms with E-state index in [1.54, 1.807) is 24.2 Å². The van der Waals surface area contributed by atoms with Crippen LogP contribution in [0.2, 0.25) is 0 Å². The quantitative estimate of drug-likeness (QED) is 0.465. The number of pyridine rings is 1. The van der Waals surface area contributed by atoms with Crippen molar-refractivity contribution in [1.82, 2.24) is 4.98 Å². The van der Waals surface area contributed by atoms with Crippen LogP contribution in [-0.4, -0.2) is 11.2 Å². The van der Waals surface area contributed by atoms with Gasteiger partial charge < -0.3 is 4.84 Å². The zero-order valence-electron chi connectivity index (χ0n) is 13.4. The van der Waals surface area contributed by atoms with E-state index < -0.39 is 0 Å². The molecule has 24 heavy (non-hydrogen) atoms. The molecule has 0 spiro atoms. The minimum Gasteiger partial charge on any atom is -0.391 e. The highest BCUT2D eigenvalue weighted by atomic mass is 32.2. The molecule has 3 nitrogen and oxygen atoms in total. The maximum atomic E-state index is 5.40. The van der Waals surface area contributed by atoms with Crippen LogP contribution >= 0.6 is 11.8 Å². The summed E-state index contributed by atoms with van der Waals surface area (Å²) in [6.07, 6.45) is 3.50. The Balaban J connectivity index is 1.63. The number of aromatic nitrogens is 1. The van der Waals surface area contributed by atoms with Crippen molar-refractivity contribution in [2.45, 2.75) is 23.5 Å². The molecule has 3 rings (SSSR count). The molecular formula is C20H18N2OS. The molecule has 0 amide bonds. The van der Waals surface area contributed by atoms with Gasteiger partial charge in [-0.2, -0.15) is 0 Å². The SMILES string of the molecule is Cc1ccc(CON=Cc2cccnc2Sc2ccccc2)cc1. The van der Waals surface area contributed by atoms with Gasteiger partial charge in [-0.05, 0) is 36.8 Å². The second-order valence-corrected chi connectivity index (χ2v) is 6.37. The van der Waals surface area contributed by atoms with Crippen LogP contribution in [0.4, 0.5) is 0 Å². The molecule has 0 N–H and O–H groups in total. The molecule has 0 aliphatic rings. The summed E-state index contributed by atoms with van der Waals surface area (Å²) in [6.45, 7) is 2.52. The molecule has 0 saturated carbocycles. The number of rotatable bonds is 6. The van der Waals surface area contributed by atoms with Crippen molar-refractivity contribution in [3.63, 3.8) is 0 Å². The van der Waals surface area contributed by atoms with Crippen LogP contribution in [0.15, 0.2) is 88.0 Å². The Kier molecular flexibility index (Phi) is 5.64. The number of benzene rings is 2. The number of nitrogens with zero attached hydrogens (tertiary/aromatic N) is 2. The van der Waals surface area contributed by atoms with Gasteiger partial charge in [0.05, 0.1) is 6.21 Å². The van der Waals surface area contributed by atoms with Gasteiger partial charge in [0.1, 0.15) is 11.6 Å². The van der Waals surface area contributed by atoms with Crippen molar-refractivity contribution in [3.05, 3.63) is 89.6 Å². The minimum atomic E-state index is 0.457. The van der Waals surface area contributed by atoms with Crippen LogP contribution < -0.4 is 0 Å². The summed E-state index contributed by atoms with van der Waals surface area (Å²) in [6, 6.07) is 22.3. The third-order valence-corrected chi connectivity index (χ3v) is 4.42. The Hall–Kier alpha value is -2.59. The van der Waals surface area contributed by atoms with Gasteiger partial charge in [-0.25, -0.2) is 4.98 Å². The van der Waals surface area contributed by atoms with E-state index in [4.69, 9.17) is 4.84 Å². The average Bonchev–Trinajstić information content (AvgIpc) is 2.62. The monoisotopic (exact) mass is 334 g/mol. The first-order chi connectivity index (χ1) is 11.8. The van der Waals surface area contributed by atoms with E-state index in [1.807, 2.05) is 42.5 Å². The summed E-state index contributed by atoms with van der Waals surface area (Å²) in [5, 5.41) is 4.99. The summed E-state index contributed by atoms with van der Waals surface area (Å²) in [4.78, 5) is 11.0. The summed E-state index contributed by atoms with van der Waals surface area (Å²) < 4.78 is 0. The summed E-state index contributed by atoms with van der Waals surface area (Å²) in [5.41, 5.74) is 3.28. The lowest BCUT2D eigenvalue weighted by Gasteiger charge is -2.04. The van der Waals surface area contributed by atoms with Gasteiger partial charge in [0, 0.05) is 16.7 Å². The van der Waals surface area contributed by atoms with Crippen molar-refractivity contribution in [2.75, 3.05) is 0 Å². The van der Waals surface area contributed by atoms with E-state index in [-0.39, 0.29) is 0 Å². The minimum absolute atomic E-state index is 0.457. The molecule has 2 aromatic carbocycles. The van der Waals surface area contributed by atoms with E-state index in [0.29, 0.717) is 6.61 Å². The number of oxime groups is 1. The largest absolute Gasteiger partial charge is 0.391 e. The van der Waals surface area contributed by atoms with Gasteiger partial charge in [0.2, 0.25) is 0 Å². The van der Waals surface area contributed by atoms with Gasteiger partial charge in [-0.15, -0.1) is 0 Å². The summed E-state index contributed by atoms with van der Waals surface area (Å²) in [5.74, 6) is 0. The van der Waals surface area contributed by atoms with Crippen molar-refractivity contribution >= 4 is 18.0 Å². The molecule has 0 aliphatic carbocycles. The Morgan fingerprint density at radius 1 is 1.00 bits per heavy atom. The topological polar surface area (TPSA) is 34.5 Å². The molecule has 0 bridgehead atoms. The van der Waals surface area contributed by atoms with Gasteiger partial charge in [0.25, 0.3) is 0 Å². The van der Waals surface area contributed by atoms with Crippen LogP contribution in [0.5, 0.6) is 0 Å². The van der Waals surface area contributed by atoms with E-state index >= 15 is 0 Å². The normalized spacial score (nSPS) is 10.9. The molecule has 0 fully saturated rings. The van der Waals surface area contributed by atoms with Crippen molar-refractivity contribution < 1.29 is 4.84 Å². The van der Waals surface area contributed by atoms with E-state index in [9.17, 15) is 0 Å². The second kappa shape index (κ2) is 8.31. The molecular weight excluding hydrogens is 316 g/mol. The molecule has 120 valence electrons. The first-order valence-corrected chi connectivity index (χ1v) is 8.52. The highest BCUT2D eigenvalue weighted by molar-refractivity contribution is 7.99. The molecule has 4 heteroatoms. The van der Waals surface area contributed by atoms with Gasteiger partial charge >= 0.3 is 0 Å². The zero-order chi connectivity index (χ0) is 16.6. The lowest BCUT2D eigenvalue weighted by Crippen LogP contribution is -1.92. The molecule has 0 unspecified atom stereocenters. The number of hydrogen-bond donors (Lipinski definition) is 0. The Morgan fingerprint density at radius 2 is 1.79 bits per heavy atom. The van der Waals surface area contributed by atoms with E-state index in [0.717, 1.165) is 21.0 Å². The third kappa shape index (κ3) is 4.70. The predicted octanol–water partition coefficient (Wildman–Crippen LogP) is 5.09. The Labute approximate surface area is 146 Å². The maximum Gasteiger partial charge on any atom is 0.142 e. The van der Waals surface area contributed by atoms with Gasteiger partial charge in [0.15, 0.2) is 0 Å². The van der Waals surface area contributed by atoms with Crippen LogP contribution in [0, 0.1) is 6.92 Å². The van der Waals surface area contributed by atoms with Gasteiger partial charge in [-0.1, -0.05) is 64.9 Å². The molecule has 3 aromatic rings. The predicted molar refractivity (Wildman–Crippen MR) is 98.4 cm³/mol. The third-order valence-electron chi connectivity index (χ3n) is 3.38. The Morgan fingerprint density at radius 3 is 2.58 bits per heavy atom. The first kappa shape index (κ1) is 16.3. The summed E-state index contributed by atoms with van der Waals surface area (Å²) >= 11 is 1.61. The molecule has 1 aromatic heterocycles. The second-order valence-electron chi connectivity index (χ2n) is 5.31. The van der Waals surface area contributed by atoms with Crippen molar-refractivity contribution in [1.29, 1.82) is 0 Å². The fraction of sp³-hybridized carbons (Fsp3) is 0.100. The summed E-state index contributed by atoms with van der Waals surface area (Å²) in [7, 11) is 0. The molecule has 1 heterocycles. The maximum absolute atomic E-state index is 5.40. The Bertz CT molecular complexity index is 801. The average molecular weight is 334 g/mol. The first-order valence-electron chi connectivity index (χ1n) is 7.70. The van der Waals surface area contributed by atoms with Crippen LogP contribution in [0.3, 0.4) is 0 Å². The smallest absolute Gasteiger partial charge is 0.142 e. The fourth-order valence-electron chi connectivity index (χ4n) is 2.08. The molecule has 0 saturated heterocycles. The standard InChI is InChI=1S/C20H18N2OS/c1-16-9-11-17(12-10-16)15-23-22-14-18-6-5-13-21-20(18)24-19-7-3-2-4-8-19/h2-14H,15H2,1H3. The van der Waals surface area contributed by atoms with Crippen LogP contribution in [-0.2, 0) is 11.4 Å². The zero-order valence-corrected chi connectivity index (χ0v) is 14.2. The van der Waals surface area contributed by atoms with Crippen molar-refractivity contribution in [3.8, 4) is 0 Å². The fourth-order valence-corrected chi connectivity index (χ4v) is 2.95. The number of aryl methyl sites for hydroxylation is 1. The molecule has 0 radical (unpaired) electrons. The highest BCUT2D eigenvalue weighted by Crippen LogP contribution is 2.27. The lowest BCUT2D eigenvalue weighted by molar-refractivity contribution is 0.132. The van der Waals surface area contributed by atoms with Gasteiger partial charge in [-0.3, -0.25) is 0 Å². The molecule has 0 atom stereocenters. The van der Waals surface area contributed by atoms with Crippen molar-refractivity contribution in [2.24, 2.45) is 5.16 Å².